The SMILES string of the molecule is CC(C)(C)[Si](C)(C)OCc1cc(C(O)c2cncnc2Cl)nn1Cc1cccc(Br)c1. The summed E-state index contributed by atoms with van der Waals surface area (Å²) in [5.41, 5.74) is 2.90. The predicted octanol–water partition coefficient (Wildman–Crippen LogP) is 5.74. The highest BCUT2D eigenvalue weighted by atomic mass is 79.9. The van der Waals surface area contributed by atoms with Crippen molar-refractivity contribution < 1.29 is 9.53 Å². The zero-order valence-corrected chi connectivity index (χ0v) is 21.8. The van der Waals surface area contributed by atoms with Crippen LogP contribution in [0.5, 0.6) is 0 Å². The fraction of sp³-hybridized carbons (Fsp3) is 0.409. The number of hydrogen-bond donors (Lipinski definition) is 1. The molecule has 0 saturated carbocycles. The highest BCUT2D eigenvalue weighted by Crippen LogP contribution is 2.37. The van der Waals surface area contributed by atoms with Crippen molar-refractivity contribution >= 4 is 35.8 Å². The monoisotopic (exact) mass is 522 g/mol. The third-order valence-electron chi connectivity index (χ3n) is 5.75. The first-order chi connectivity index (χ1) is 14.5. The van der Waals surface area contributed by atoms with Gasteiger partial charge in [0.2, 0.25) is 0 Å². The van der Waals surface area contributed by atoms with Crippen molar-refractivity contribution in [2.75, 3.05) is 0 Å². The Morgan fingerprint density at radius 2 is 2.00 bits per heavy atom. The van der Waals surface area contributed by atoms with Crippen molar-refractivity contribution in [2.24, 2.45) is 0 Å². The van der Waals surface area contributed by atoms with Gasteiger partial charge in [0.05, 0.1) is 24.5 Å². The van der Waals surface area contributed by atoms with Crippen molar-refractivity contribution in [3.8, 4) is 0 Å². The summed E-state index contributed by atoms with van der Waals surface area (Å²) in [6.45, 7) is 12.1. The molecule has 6 nitrogen and oxygen atoms in total. The minimum Gasteiger partial charge on any atom is -0.411 e. The molecule has 0 aliphatic carbocycles. The van der Waals surface area contributed by atoms with Gasteiger partial charge in [-0.3, -0.25) is 4.68 Å². The summed E-state index contributed by atoms with van der Waals surface area (Å²) in [6, 6.07) is 9.95. The van der Waals surface area contributed by atoms with E-state index in [1.807, 2.05) is 28.9 Å². The number of aromatic nitrogens is 4. The minimum absolute atomic E-state index is 0.0966. The third-order valence-corrected chi connectivity index (χ3v) is 11.0. The van der Waals surface area contributed by atoms with Crippen LogP contribution in [0.2, 0.25) is 23.3 Å². The molecule has 2 heterocycles. The highest BCUT2D eigenvalue weighted by Gasteiger charge is 2.37. The number of aliphatic hydroxyl groups is 1. The van der Waals surface area contributed by atoms with Gasteiger partial charge < -0.3 is 9.53 Å². The number of hydrogen-bond acceptors (Lipinski definition) is 5. The molecule has 0 saturated heterocycles. The van der Waals surface area contributed by atoms with Gasteiger partial charge in [-0.2, -0.15) is 5.10 Å². The van der Waals surface area contributed by atoms with Gasteiger partial charge >= 0.3 is 0 Å². The molecule has 1 atom stereocenters. The van der Waals surface area contributed by atoms with E-state index < -0.39 is 14.4 Å². The summed E-state index contributed by atoms with van der Waals surface area (Å²) >= 11 is 9.69. The Hall–Kier alpha value is -1.58. The van der Waals surface area contributed by atoms with E-state index in [4.69, 9.17) is 16.0 Å². The zero-order valence-electron chi connectivity index (χ0n) is 18.4. The van der Waals surface area contributed by atoms with Crippen LogP contribution in [-0.2, 0) is 17.6 Å². The quantitative estimate of drug-likeness (QED) is 0.316. The largest absolute Gasteiger partial charge is 0.411 e. The lowest BCUT2D eigenvalue weighted by Crippen LogP contribution is -2.40. The van der Waals surface area contributed by atoms with Crippen LogP contribution in [0.1, 0.15) is 49.4 Å². The molecule has 1 N–H and O–H groups in total. The van der Waals surface area contributed by atoms with Crippen LogP contribution in [0, 0.1) is 0 Å². The summed E-state index contributed by atoms with van der Waals surface area (Å²) in [4.78, 5) is 7.94. The molecular formula is C22H28BrClN4O2Si. The summed E-state index contributed by atoms with van der Waals surface area (Å²) < 4.78 is 9.33. The summed E-state index contributed by atoms with van der Waals surface area (Å²) in [5, 5.41) is 15.9. The maximum atomic E-state index is 10.9. The van der Waals surface area contributed by atoms with E-state index >= 15 is 0 Å². The van der Waals surface area contributed by atoms with Gasteiger partial charge in [0.25, 0.3) is 0 Å². The first-order valence-electron chi connectivity index (χ1n) is 10.1. The molecule has 0 aliphatic rings. The van der Waals surface area contributed by atoms with Crippen molar-refractivity contribution in [1.82, 2.24) is 19.7 Å². The molecule has 0 fully saturated rings. The Balaban J connectivity index is 1.94. The molecule has 0 amide bonds. The molecule has 0 radical (unpaired) electrons. The Labute approximate surface area is 197 Å². The van der Waals surface area contributed by atoms with E-state index in [1.165, 1.54) is 12.5 Å². The zero-order chi connectivity index (χ0) is 22.8. The fourth-order valence-electron chi connectivity index (χ4n) is 2.81. The molecule has 2 aromatic heterocycles. The molecule has 166 valence electrons. The van der Waals surface area contributed by atoms with E-state index in [2.05, 4.69) is 70.9 Å². The average molecular weight is 524 g/mol. The van der Waals surface area contributed by atoms with Gasteiger partial charge in [-0.1, -0.05) is 60.4 Å². The number of aliphatic hydroxyl groups excluding tert-OH is 1. The molecule has 0 aliphatic heterocycles. The number of benzene rings is 1. The number of halogens is 2. The Kier molecular flexibility index (Phi) is 7.38. The molecule has 31 heavy (non-hydrogen) atoms. The van der Waals surface area contributed by atoms with E-state index in [1.54, 1.807) is 0 Å². The maximum Gasteiger partial charge on any atom is 0.192 e. The van der Waals surface area contributed by atoms with Crippen molar-refractivity contribution in [2.45, 2.75) is 58.2 Å². The van der Waals surface area contributed by atoms with Crippen LogP contribution in [-0.4, -0.2) is 33.2 Å². The second-order valence-corrected chi connectivity index (χ2v) is 15.2. The van der Waals surface area contributed by atoms with Crippen LogP contribution in [0.25, 0.3) is 0 Å². The predicted molar refractivity (Wildman–Crippen MR) is 129 cm³/mol. The van der Waals surface area contributed by atoms with Gasteiger partial charge in [0.15, 0.2) is 8.32 Å². The van der Waals surface area contributed by atoms with Crippen LogP contribution < -0.4 is 0 Å². The minimum atomic E-state index is -1.95. The Morgan fingerprint density at radius 3 is 2.65 bits per heavy atom. The van der Waals surface area contributed by atoms with E-state index in [-0.39, 0.29) is 10.2 Å². The highest BCUT2D eigenvalue weighted by molar-refractivity contribution is 9.10. The van der Waals surface area contributed by atoms with Gasteiger partial charge in [0, 0.05) is 16.2 Å². The summed E-state index contributed by atoms with van der Waals surface area (Å²) in [7, 11) is -1.95. The average Bonchev–Trinajstić information content (AvgIpc) is 3.08. The molecule has 1 aromatic carbocycles. The van der Waals surface area contributed by atoms with Gasteiger partial charge in [-0.25, -0.2) is 9.97 Å². The normalized spacial score (nSPS) is 13.4. The standard InChI is InChI=1S/C22H28BrClN4O2Si/c1-22(2,3)31(4,5)30-13-17-10-19(20(29)18-11-25-14-26-21(18)24)27-28(17)12-15-7-6-8-16(23)9-15/h6-11,14,20,29H,12-13H2,1-5H3. The van der Waals surface area contributed by atoms with Crippen molar-refractivity contribution in [3.05, 3.63) is 75.0 Å². The Morgan fingerprint density at radius 1 is 1.26 bits per heavy atom. The van der Waals surface area contributed by atoms with Gasteiger partial charge in [-0.05, 0) is 41.9 Å². The van der Waals surface area contributed by atoms with E-state index in [0.29, 0.717) is 24.4 Å². The molecule has 1 unspecified atom stereocenters. The van der Waals surface area contributed by atoms with Crippen LogP contribution >= 0.6 is 27.5 Å². The smallest absolute Gasteiger partial charge is 0.192 e. The molecule has 0 bridgehead atoms. The van der Waals surface area contributed by atoms with E-state index in [9.17, 15) is 5.11 Å². The number of rotatable bonds is 7. The second-order valence-electron chi connectivity index (χ2n) is 9.07. The van der Waals surface area contributed by atoms with Gasteiger partial charge in [-0.15, -0.1) is 0 Å². The molecule has 3 aromatic rings. The van der Waals surface area contributed by atoms with Crippen molar-refractivity contribution in [1.29, 1.82) is 0 Å². The summed E-state index contributed by atoms with van der Waals surface area (Å²) in [6.07, 6.45) is 1.84. The topological polar surface area (TPSA) is 73.1 Å². The maximum absolute atomic E-state index is 10.9. The number of nitrogens with zero attached hydrogens (tertiary/aromatic N) is 4. The molecular weight excluding hydrogens is 496 g/mol. The second kappa shape index (κ2) is 9.50. The van der Waals surface area contributed by atoms with Crippen LogP contribution in [0.3, 0.4) is 0 Å². The molecule has 3 rings (SSSR count). The molecule has 0 spiro atoms. The fourth-order valence-corrected chi connectivity index (χ4v) is 4.40. The summed E-state index contributed by atoms with van der Waals surface area (Å²) in [5.74, 6) is 0. The first-order valence-corrected chi connectivity index (χ1v) is 14.1. The lowest BCUT2D eigenvalue weighted by molar-refractivity contribution is 0.213. The first kappa shape index (κ1) is 24.1. The Bertz CT molecular complexity index is 1050. The molecule has 9 heteroatoms. The lowest BCUT2D eigenvalue weighted by atomic mass is 10.1. The van der Waals surface area contributed by atoms with Crippen LogP contribution in [0.4, 0.5) is 0 Å². The van der Waals surface area contributed by atoms with E-state index in [0.717, 1.165) is 15.7 Å². The third kappa shape index (κ3) is 5.81. The van der Waals surface area contributed by atoms with Crippen LogP contribution in [0.15, 0.2) is 47.3 Å². The lowest BCUT2D eigenvalue weighted by Gasteiger charge is -2.36. The van der Waals surface area contributed by atoms with Gasteiger partial charge in [0.1, 0.15) is 17.6 Å². The van der Waals surface area contributed by atoms with Crippen molar-refractivity contribution in [3.63, 3.8) is 0 Å².